The Morgan fingerprint density at radius 3 is 2.24 bits per heavy atom. The van der Waals surface area contributed by atoms with Gasteiger partial charge in [0.1, 0.15) is 17.3 Å². The highest BCUT2D eigenvalue weighted by molar-refractivity contribution is 7.99. The van der Waals surface area contributed by atoms with E-state index in [0.29, 0.717) is 18.2 Å². The molecule has 0 spiro atoms. The number of carboxylic acid groups (broad SMARTS) is 1. The Balaban J connectivity index is 0.000000437. The van der Waals surface area contributed by atoms with E-state index in [1.165, 1.54) is 11.8 Å². The average Bonchev–Trinajstić information content (AvgIpc) is 2.88. The fourth-order valence-electron chi connectivity index (χ4n) is 3.03. The second-order valence-corrected chi connectivity index (χ2v) is 9.60. The summed E-state index contributed by atoms with van der Waals surface area (Å²) in [4.78, 5) is 46.0. The van der Waals surface area contributed by atoms with Crippen LogP contribution < -0.4 is 20.5 Å². The molecule has 4 N–H and O–H groups in total. The van der Waals surface area contributed by atoms with Gasteiger partial charge in [-0.05, 0) is 36.6 Å². The zero-order valence-corrected chi connectivity index (χ0v) is 23.2. The van der Waals surface area contributed by atoms with Crippen molar-refractivity contribution in [3.05, 3.63) is 71.4 Å². The molecule has 0 aliphatic heterocycles. The number of nitrogens with one attached hydrogen (secondary N) is 1. The van der Waals surface area contributed by atoms with E-state index in [1.807, 2.05) is 42.5 Å². The number of methoxy groups -OCH3 is 2. The number of carbonyl (C=O) groups excluding carboxylic acids is 3. The second-order valence-electron chi connectivity index (χ2n) is 8.61. The van der Waals surface area contributed by atoms with Crippen LogP contribution in [-0.2, 0) is 31.4 Å². The highest BCUT2D eigenvalue weighted by Crippen LogP contribution is 2.24. The first-order valence-corrected chi connectivity index (χ1v) is 13.0. The van der Waals surface area contributed by atoms with E-state index >= 15 is 0 Å². The van der Waals surface area contributed by atoms with Gasteiger partial charge in [0.15, 0.2) is 5.78 Å². The van der Waals surface area contributed by atoms with Crippen molar-refractivity contribution in [1.29, 1.82) is 0 Å². The summed E-state index contributed by atoms with van der Waals surface area (Å²) in [5.74, 6) is -0.206. The van der Waals surface area contributed by atoms with Gasteiger partial charge < -0.3 is 25.6 Å². The topological polar surface area (TPSA) is 145 Å². The van der Waals surface area contributed by atoms with Gasteiger partial charge >= 0.3 is 5.97 Å². The van der Waals surface area contributed by atoms with Crippen molar-refractivity contribution >= 4 is 35.2 Å². The molecule has 0 heterocycles. The first-order chi connectivity index (χ1) is 18.0. The van der Waals surface area contributed by atoms with Crippen molar-refractivity contribution in [3.63, 3.8) is 0 Å². The van der Waals surface area contributed by atoms with E-state index in [4.69, 9.17) is 20.3 Å². The molecule has 1 atom stereocenters. The summed E-state index contributed by atoms with van der Waals surface area (Å²) >= 11 is 1.35. The number of thioether (sulfide) groups is 1. The Labute approximate surface area is 227 Å². The standard InChI is InChI=1S/C17H22N2O4S.C11H14O3/c1-11(2)16(18)17(23)19-13(8-15(21)22)14(20)10-24-9-12-6-4-3-5-7-12;1-8(12)6-9-7-10(13-2)4-5-11(9)14-3/h3-8,11,16H,9-10,18H2,1-2H3,(H,19,23)(H,21,22);4-5,7H,6H2,1-3H3/b13-8+;/t16-;/m0./s1. The van der Waals surface area contributed by atoms with Gasteiger partial charge in [-0.1, -0.05) is 44.2 Å². The summed E-state index contributed by atoms with van der Waals surface area (Å²) in [6.07, 6.45) is 1.08. The van der Waals surface area contributed by atoms with Crippen LogP contribution >= 0.6 is 11.8 Å². The number of nitrogens with two attached hydrogens (primary N) is 1. The molecule has 1 amide bonds. The van der Waals surface area contributed by atoms with Crippen molar-refractivity contribution in [2.75, 3.05) is 20.0 Å². The molecule has 0 saturated carbocycles. The third kappa shape index (κ3) is 12.1. The van der Waals surface area contributed by atoms with Gasteiger partial charge in [0.2, 0.25) is 5.91 Å². The highest BCUT2D eigenvalue weighted by Gasteiger charge is 2.21. The monoisotopic (exact) mass is 544 g/mol. The first kappa shape index (κ1) is 32.4. The summed E-state index contributed by atoms with van der Waals surface area (Å²) in [6, 6.07) is 14.2. The Hall–Kier alpha value is -3.63. The minimum absolute atomic E-state index is 0.0607. The highest BCUT2D eigenvalue weighted by atomic mass is 32.2. The lowest BCUT2D eigenvalue weighted by Gasteiger charge is -2.16. The molecule has 2 aromatic rings. The van der Waals surface area contributed by atoms with E-state index in [0.717, 1.165) is 22.6 Å². The molecule has 0 aliphatic carbocycles. The van der Waals surface area contributed by atoms with E-state index in [9.17, 15) is 19.2 Å². The Kier molecular flexibility index (Phi) is 14.5. The fourth-order valence-corrected chi connectivity index (χ4v) is 3.90. The SMILES string of the molecule is CC(C)[C@H](N)C(=O)N/C(=C/C(=O)O)C(=O)CSCc1ccccc1.COc1ccc(OC)c(CC(C)=O)c1. The number of amides is 1. The van der Waals surface area contributed by atoms with Crippen LogP contribution in [0.1, 0.15) is 31.9 Å². The average molecular weight is 545 g/mol. The summed E-state index contributed by atoms with van der Waals surface area (Å²) in [7, 11) is 3.19. The number of hydrogen-bond acceptors (Lipinski definition) is 8. The van der Waals surface area contributed by atoms with Gasteiger partial charge in [-0.2, -0.15) is 0 Å². The third-order valence-electron chi connectivity index (χ3n) is 5.12. The quantitative estimate of drug-likeness (QED) is 0.323. The lowest BCUT2D eigenvalue weighted by atomic mass is 10.0. The molecule has 0 unspecified atom stereocenters. The lowest BCUT2D eigenvalue weighted by Crippen LogP contribution is -2.45. The molecule has 206 valence electrons. The fraction of sp³-hybridized carbons (Fsp3) is 0.357. The van der Waals surface area contributed by atoms with Crippen molar-refractivity contribution in [2.45, 2.75) is 39.0 Å². The van der Waals surface area contributed by atoms with E-state index < -0.39 is 23.7 Å². The lowest BCUT2D eigenvalue weighted by molar-refractivity contribution is -0.131. The van der Waals surface area contributed by atoms with Gasteiger partial charge in [-0.15, -0.1) is 11.8 Å². The van der Waals surface area contributed by atoms with Gasteiger partial charge in [-0.25, -0.2) is 4.79 Å². The number of ketones is 2. The van der Waals surface area contributed by atoms with Crippen LogP contribution in [0.4, 0.5) is 0 Å². The number of rotatable bonds is 13. The van der Waals surface area contributed by atoms with Crippen LogP contribution in [0, 0.1) is 5.92 Å². The van der Waals surface area contributed by atoms with Crippen molar-refractivity contribution < 1.29 is 33.8 Å². The molecule has 10 heteroatoms. The summed E-state index contributed by atoms with van der Waals surface area (Å²) in [6.45, 7) is 5.09. The number of hydrogen-bond donors (Lipinski definition) is 3. The van der Waals surface area contributed by atoms with Crippen molar-refractivity contribution in [1.82, 2.24) is 5.32 Å². The molecular weight excluding hydrogens is 508 g/mol. The summed E-state index contributed by atoms with van der Waals surface area (Å²) in [5.41, 5.74) is 7.39. The number of carbonyl (C=O) groups is 4. The number of aliphatic carboxylic acids is 1. The minimum Gasteiger partial charge on any atom is -0.497 e. The predicted octanol–water partition coefficient (Wildman–Crippen LogP) is 3.39. The van der Waals surface area contributed by atoms with Crippen molar-refractivity contribution in [3.8, 4) is 11.5 Å². The zero-order chi connectivity index (χ0) is 28.7. The number of ether oxygens (including phenoxy) is 2. The third-order valence-corrected chi connectivity index (χ3v) is 6.12. The van der Waals surface area contributed by atoms with Gasteiger partial charge in [-0.3, -0.25) is 14.4 Å². The molecule has 2 rings (SSSR count). The van der Waals surface area contributed by atoms with Crippen LogP contribution in [0.2, 0.25) is 0 Å². The first-order valence-electron chi connectivity index (χ1n) is 11.8. The van der Waals surface area contributed by atoms with E-state index in [2.05, 4.69) is 5.32 Å². The molecule has 38 heavy (non-hydrogen) atoms. The molecule has 0 aromatic heterocycles. The Bertz CT molecular complexity index is 1120. The molecule has 0 bridgehead atoms. The van der Waals surface area contributed by atoms with E-state index in [-0.39, 0.29) is 23.2 Å². The van der Waals surface area contributed by atoms with Gasteiger partial charge in [0.05, 0.1) is 37.8 Å². The molecule has 0 saturated heterocycles. The molecule has 2 aromatic carbocycles. The zero-order valence-electron chi connectivity index (χ0n) is 22.4. The normalized spacial score (nSPS) is 11.6. The van der Waals surface area contributed by atoms with Gasteiger partial charge in [0, 0.05) is 17.7 Å². The van der Waals surface area contributed by atoms with Crippen molar-refractivity contribution in [2.24, 2.45) is 11.7 Å². The smallest absolute Gasteiger partial charge is 0.330 e. The molecule has 9 nitrogen and oxygen atoms in total. The maximum Gasteiger partial charge on any atom is 0.330 e. The maximum atomic E-state index is 12.2. The van der Waals surface area contributed by atoms with Crippen LogP contribution in [0.3, 0.4) is 0 Å². The van der Waals surface area contributed by atoms with Crippen LogP contribution in [0.15, 0.2) is 60.3 Å². The number of benzene rings is 2. The van der Waals surface area contributed by atoms with Crippen LogP contribution in [-0.4, -0.2) is 54.6 Å². The molecule has 0 radical (unpaired) electrons. The largest absolute Gasteiger partial charge is 0.497 e. The second kappa shape index (κ2) is 17.0. The Morgan fingerprint density at radius 2 is 1.71 bits per heavy atom. The number of carboxylic acids is 1. The van der Waals surface area contributed by atoms with E-state index in [1.54, 1.807) is 41.1 Å². The Morgan fingerprint density at radius 1 is 1.05 bits per heavy atom. The van der Waals surface area contributed by atoms with Gasteiger partial charge in [0.25, 0.3) is 0 Å². The summed E-state index contributed by atoms with van der Waals surface area (Å²) < 4.78 is 10.2. The van der Waals surface area contributed by atoms with Crippen LogP contribution in [0.25, 0.3) is 0 Å². The number of Topliss-reactive ketones (excluding diaryl/α,β-unsaturated/α-hetero) is 2. The van der Waals surface area contributed by atoms with Crippen LogP contribution in [0.5, 0.6) is 11.5 Å². The molecular formula is C28H36N2O7S. The summed E-state index contributed by atoms with van der Waals surface area (Å²) in [5, 5.41) is 11.2. The maximum absolute atomic E-state index is 12.2. The molecule has 0 aliphatic rings. The minimum atomic E-state index is -1.30. The predicted molar refractivity (Wildman–Crippen MR) is 148 cm³/mol. The number of allylic oxidation sites excluding steroid dienone is 1. The molecule has 0 fully saturated rings.